The quantitative estimate of drug-likeness (QED) is 0.421. The van der Waals surface area contributed by atoms with Gasteiger partial charge >= 0.3 is 5.97 Å². The van der Waals surface area contributed by atoms with E-state index in [1.54, 1.807) is 0 Å². The molecule has 0 unspecified atom stereocenters. The Balaban J connectivity index is 2.16. The first-order chi connectivity index (χ1) is 9.79. The molecule has 1 aliphatic rings. The third-order valence-electron chi connectivity index (χ3n) is 4.18. The fraction of sp³-hybridized carbons (Fsp3) is 0.941. The fourth-order valence-corrected chi connectivity index (χ4v) is 2.90. The van der Waals surface area contributed by atoms with Crippen molar-refractivity contribution in [1.82, 2.24) is 4.90 Å². The Morgan fingerprint density at radius 1 is 1.05 bits per heavy atom. The van der Waals surface area contributed by atoms with Gasteiger partial charge in [0.05, 0.1) is 6.61 Å². The zero-order chi connectivity index (χ0) is 14.6. The molecule has 0 saturated carbocycles. The first-order valence-electron chi connectivity index (χ1n) is 8.70. The van der Waals surface area contributed by atoms with Gasteiger partial charge in [-0.3, -0.25) is 9.69 Å². The molecule has 0 aliphatic carbocycles. The van der Waals surface area contributed by atoms with E-state index in [-0.39, 0.29) is 12.0 Å². The first kappa shape index (κ1) is 17.5. The smallest absolute Gasteiger partial charge is 0.323 e. The molecule has 0 radical (unpaired) electrons. The van der Waals surface area contributed by atoms with E-state index in [2.05, 4.69) is 18.7 Å². The van der Waals surface area contributed by atoms with E-state index in [1.807, 2.05) is 0 Å². The van der Waals surface area contributed by atoms with E-state index in [0.717, 1.165) is 32.4 Å². The molecule has 0 aromatic carbocycles. The molecule has 1 rings (SSSR count). The lowest BCUT2D eigenvalue weighted by Crippen LogP contribution is -2.38. The number of hydrogen-bond acceptors (Lipinski definition) is 3. The molecule has 118 valence electrons. The van der Waals surface area contributed by atoms with Crippen molar-refractivity contribution in [2.45, 2.75) is 84.1 Å². The van der Waals surface area contributed by atoms with Crippen LogP contribution in [-0.4, -0.2) is 36.6 Å². The number of likely N-dealkylation sites (tertiary alicyclic amines) is 1. The standard InChI is InChI=1S/C17H33NO2/c1-3-5-7-9-13-18-14-11-12-16(18)17(19)20-15-10-8-6-4-2/h16H,3-15H2,1-2H3/t16-/m0/s1. The number of carbonyl (C=O) groups excluding carboxylic acids is 1. The normalized spacial score (nSPS) is 19.4. The second kappa shape index (κ2) is 11.1. The Morgan fingerprint density at radius 2 is 1.75 bits per heavy atom. The maximum absolute atomic E-state index is 12.1. The molecule has 0 bridgehead atoms. The van der Waals surface area contributed by atoms with E-state index < -0.39 is 0 Å². The summed E-state index contributed by atoms with van der Waals surface area (Å²) in [6, 6.07) is 0.0443. The summed E-state index contributed by atoms with van der Waals surface area (Å²) in [7, 11) is 0. The van der Waals surface area contributed by atoms with Crippen molar-refractivity contribution in [3.05, 3.63) is 0 Å². The summed E-state index contributed by atoms with van der Waals surface area (Å²) < 4.78 is 5.45. The van der Waals surface area contributed by atoms with E-state index in [4.69, 9.17) is 4.74 Å². The molecule has 20 heavy (non-hydrogen) atoms. The molecule has 3 nitrogen and oxygen atoms in total. The van der Waals surface area contributed by atoms with Crippen molar-refractivity contribution in [2.24, 2.45) is 0 Å². The van der Waals surface area contributed by atoms with Gasteiger partial charge in [0.25, 0.3) is 0 Å². The summed E-state index contributed by atoms with van der Waals surface area (Å²) in [6.07, 6.45) is 11.9. The zero-order valence-corrected chi connectivity index (χ0v) is 13.5. The second-order valence-electron chi connectivity index (χ2n) is 5.98. The fourth-order valence-electron chi connectivity index (χ4n) is 2.90. The van der Waals surface area contributed by atoms with Crippen LogP contribution in [0.5, 0.6) is 0 Å². The Kier molecular flexibility index (Phi) is 9.73. The Morgan fingerprint density at radius 3 is 2.45 bits per heavy atom. The van der Waals surface area contributed by atoms with Gasteiger partial charge in [-0.05, 0) is 38.8 Å². The number of hydrogen-bond donors (Lipinski definition) is 0. The molecular formula is C17H33NO2. The average Bonchev–Trinajstić information content (AvgIpc) is 2.91. The second-order valence-corrected chi connectivity index (χ2v) is 5.98. The molecule has 0 spiro atoms. The number of rotatable bonds is 11. The minimum absolute atomic E-state index is 0.0227. The van der Waals surface area contributed by atoms with Gasteiger partial charge in [-0.2, -0.15) is 0 Å². The third-order valence-corrected chi connectivity index (χ3v) is 4.18. The molecule has 1 heterocycles. The Bertz CT molecular complexity index is 255. The highest BCUT2D eigenvalue weighted by atomic mass is 16.5. The summed E-state index contributed by atoms with van der Waals surface area (Å²) in [5, 5.41) is 0. The average molecular weight is 283 g/mol. The van der Waals surface area contributed by atoms with Crippen LogP contribution >= 0.6 is 0 Å². The number of esters is 1. The number of ether oxygens (including phenoxy) is 1. The van der Waals surface area contributed by atoms with Crippen LogP contribution in [0.4, 0.5) is 0 Å². The monoisotopic (exact) mass is 283 g/mol. The van der Waals surface area contributed by atoms with Crippen LogP contribution in [-0.2, 0) is 9.53 Å². The van der Waals surface area contributed by atoms with Crippen LogP contribution in [0.25, 0.3) is 0 Å². The lowest BCUT2D eigenvalue weighted by Gasteiger charge is -2.22. The largest absolute Gasteiger partial charge is 0.465 e. The molecule has 1 saturated heterocycles. The molecule has 0 aromatic heterocycles. The summed E-state index contributed by atoms with van der Waals surface area (Å²) in [5.74, 6) is 0.0227. The maximum Gasteiger partial charge on any atom is 0.323 e. The molecule has 1 aliphatic heterocycles. The van der Waals surface area contributed by atoms with Gasteiger partial charge in [0, 0.05) is 0 Å². The summed E-state index contributed by atoms with van der Waals surface area (Å²) in [4.78, 5) is 14.5. The minimum atomic E-state index is 0.0227. The SMILES string of the molecule is CCCCCCOC(=O)[C@@H]1CCCN1CCCCCC. The molecule has 0 N–H and O–H groups in total. The first-order valence-corrected chi connectivity index (χ1v) is 8.70. The van der Waals surface area contributed by atoms with Gasteiger partial charge in [-0.1, -0.05) is 52.4 Å². The molecule has 1 fully saturated rings. The van der Waals surface area contributed by atoms with Crippen LogP contribution in [0.3, 0.4) is 0 Å². The van der Waals surface area contributed by atoms with E-state index in [9.17, 15) is 4.79 Å². The number of nitrogens with zero attached hydrogens (tertiary/aromatic N) is 1. The van der Waals surface area contributed by atoms with Crippen molar-refractivity contribution in [3.8, 4) is 0 Å². The van der Waals surface area contributed by atoms with Crippen LogP contribution in [0.15, 0.2) is 0 Å². The summed E-state index contributed by atoms with van der Waals surface area (Å²) >= 11 is 0. The summed E-state index contributed by atoms with van der Waals surface area (Å²) in [6.45, 7) is 7.17. The lowest BCUT2D eigenvalue weighted by atomic mass is 10.2. The van der Waals surface area contributed by atoms with Crippen LogP contribution in [0.1, 0.15) is 78.1 Å². The van der Waals surface area contributed by atoms with Gasteiger partial charge in [-0.15, -0.1) is 0 Å². The number of carbonyl (C=O) groups is 1. The van der Waals surface area contributed by atoms with Crippen LogP contribution in [0.2, 0.25) is 0 Å². The lowest BCUT2D eigenvalue weighted by molar-refractivity contribution is -0.149. The third kappa shape index (κ3) is 6.74. The van der Waals surface area contributed by atoms with Crippen molar-refractivity contribution in [2.75, 3.05) is 19.7 Å². The van der Waals surface area contributed by atoms with Gasteiger partial charge in [0.2, 0.25) is 0 Å². The van der Waals surface area contributed by atoms with E-state index in [1.165, 1.54) is 44.9 Å². The highest BCUT2D eigenvalue weighted by Crippen LogP contribution is 2.19. The Hall–Kier alpha value is -0.570. The highest BCUT2D eigenvalue weighted by molar-refractivity contribution is 5.76. The molecule has 3 heteroatoms. The van der Waals surface area contributed by atoms with Gasteiger partial charge in [0.15, 0.2) is 0 Å². The van der Waals surface area contributed by atoms with Crippen molar-refractivity contribution < 1.29 is 9.53 Å². The molecule has 1 atom stereocenters. The van der Waals surface area contributed by atoms with Gasteiger partial charge in [-0.25, -0.2) is 0 Å². The van der Waals surface area contributed by atoms with E-state index in [0.29, 0.717) is 6.61 Å². The Labute approximate surface area is 125 Å². The van der Waals surface area contributed by atoms with Crippen LogP contribution in [0, 0.1) is 0 Å². The van der Waals surface area contributed by atoms with Crippen molar-refractivity contribution >= 4 is 5.97 Å². The number of unbranched alkanes of at least 4 members (excludes halogenated alkanes) is 6. The van der Waals surface area contributed by atoms with Crippen LogP contribution < -0.4 is 0 Å². The highest BCUT2D eigenvalue weighted by Gasteiger charge is 2.31. The predicted octanol–water partition coefficient (Wildman–Crippen LogP) is 4.15. The topological polar surface area (TPSA) is 29.5 Å². The van der Waals surface area contributed by atoms with Crippen molar-refractivity contribution in [3.63, 3.8) is 0 Å². The molecular weight excluding hydrogens is 250 g/mol. The summed E-state index contributed by atoms with van der Waals surface area (Å²) in [5.41, 5.74) is 0. The maximum atomic E-state index is 12.1. The van der Waals surface area contributed by atoms with Crippen molar-refractivity contribution in [1.29, 1.82) is 0 Å². The van der Waals surface area contributed by atoms with Gasteiger partial charge < -0.3 is 4.74 Å². The minimum Gasteiger partial charge on any atom is -0.465 e. The van der Waals surface area contributed by atoms with E-state index >= 15 is 0 Å². The van der Waals surface area contributed by atoms with Gasteiger partial charge in [0.1, 0.15) is 6.04 Å². The predicted molar refractivity (Wildman–Crippen MR) is 83.8 cm³/mol. The molecule has 0 aromatic rings. The zero-order valence-electron chi connectivity index (χ0n) is 13.5. The molecule has 0 amide bonds.